The highest BCUT2D eigenvalue weighted by atomic mass is 19.3. The first-order valence-electron chi connectivity index (χ1n) is 11.2. The number of nitrogens with zero attached hydrogens (tertiary/aromatic N) is 7. The number of rotatable bonds is 7. The fourth-order valence-electron chi connectivity index (χ4n) is 3.88. The minimum absolute atomic E-state index is 0.0535. The molecule has 0 spiro atoms. The Labute approximate surface area is 200 Å². The molecular weight excluding hydrogens is 458 g/mol. The Balaban J connectivity index is 1.30. The summed E-state index contributed by atoms with van der Waals surface area (Å²) in [7, 11) is 2.14. The number of H-pyrrole nitrogens is 1. The normalized spacial score (nSPS) is 14.6. The number of ether oxygens (including phenoxy) is 1. The van der Waals surface area contributed by atoms with E-state index in [0.29, 0.717) is 29.6 Å². The number of likely N-dealkylation sites (N-methyl/N-ethyl adjacent to an activating group) is 1. The average molecular weight is 484 g/mol. The zero-order valence-corrected chi connectivity index (χ0v) is 19.4. The predicted octanol–water partition coefficient (Wildman–Crippen LogP) is 2.52. The molecule has 0 radical (unpaired) electrons. The van der Waals surface area contributed by atoms with Gasteiger partial charge in [0.15, 0.2) is 0 Å². The van der Waals surface area contributed by atoms with Gasteiger partial charge in [0.2, 0.25) is 11.6 Å². The zero-order chi connectivity index (χ0) is 24.4. The van der Waals surface area contributed by atoms with Gasteiger partial charge in [0.05, 0.1) is 25.8 Å². The van der Waals surface area contributed by atoms with Crippen LogP contribution in [0.5, 0.6) is 5.75 Å². The van der Waals surface area contributed by atoms with Crippen LogP contribution in [0.15, 0.2) is 47.1 Å². The van der Waals surface area contributed by atoms with Gasteiger partial charge in [-0.05, 0) is 49.9 Å². The Morgan fingerprint density at radius 3 is 2.57 bits per heavy atom. The molecule has 0 atom stereocenters. The minimum atomic E-state index is -2.88. The van der Waals surface area contributed by atoms with Gasteiger partial charge in [0.1, 0.15) is 11.6 Å². The van der Waals surface area contributed by atoms with E-state index in [2.05, 4.69) is 52.9 Å². The summed E-state index contributed by atoms with van der Waals surface area (Å²) in [6.07, 6.45) is 1.94. The molecule has 1 aliphatic heterocycles. The molecule has 0 bridgehead atoms. The number of piperazine rings is 1. The van der Waals surface area contributed by atoms with E-state index < -0.39 is 6.61 Å². The Kier molecular flexibility index (Phi) is 6.36. The Hall–Kier alpha value is -3.93. The van der Waals surface area contributed by atoms with E-state index in [1.807, 2.05) is 19.2 Å². The quantitative estimate of drug-likeness (QED) is 0.395. The maximum absolute atomic E-state index is 12.3. The molecule has 1 N–H and O–H groups in total. The first-order valence-corrected chi connectivity index (χ1v) is 11.2. The number of aromatic nitrogens is 6. The maximum Gasteiger partial charge on any atom is 0.387 e. The van der Waals surface area contributed by atoms with Gasteiger partial charge in [-0.3, -0.25) is 9.80 Å². The lowest BCUT2D eigenvalue weighted by atomic mass is 10.2. The number of aryl methyl sites for hydroxylation is 1. The van der Waals surface area contributed by atoms with Crippen molar-refractivity contribution in [3.05, 3.63) is 54.0 Å². The number of nitrogens with one attached hydrogen (secondary N) is 1. The summed E-state index contributed by atoms with van der Waals surface area (Å²) in [6.45, 7) is 3.54. The summed E-state index contributed by atoms with van der Waals surface area (Å²) in [4.78, 5) is 16.8. The summed E-state index contributed by atoms with van der Waals surface area (Å²) in [5, 5.41) is 8.52. The van der Waals surface area contributed by atoms with Gasteiger partial charge in [-0.15, -0.1) is 5.10 Å². The number of benzene rings is 1. The second-order valence-electron chi connectivity index (χ2n) is 8.34. The second kappa shape index (κ2) is 9.74. The van der Waals surface area contributed by atoms with Crippen LogP contribution in [0, 0.1) is 6.92 Å². The molecule has 0 unspecified atom stereocenters. The van der Waals surface area contributed by atoms with Crippen molar-refractivity contribution in [3.8, 4) is 28.9 Å². The topological polar surface area (TPSA) is 99.5 Å². The fraction of sp³-hybridized carbons (Fsp3) is 0.348. The number of hydrogen-bond donors (Lipinski definition) is 0. The molecule has 0 amide bonds. The summed E-state index contributed by atoms with van der Waals surface area (Å²) in [6, 6.07) is 10.2. The van der Waals surface area contributed by atoms with Crippen molar-refractivity contribution in [2.24, 2.45) is 0 Å². The van der Waals surface area contributed by atoms with Crippen molar-refractivity contribution >= 4 is 5.82 Å². The van der Waals surface area contributed by atoms with Gasteiger partial charge >= 0.3 is 6.61 Å². The highest BCUT2D eigenvalue weighted by molar-refractivity contribution is 5.57. The lowest BCUT2D eigenvalue weighted by Gasteiger charge is -2.27. The van der Waals surface area contributed by atoms with Gasteiger partial charge in [-0.25, -0.2) is 14.6 Å². The number of pyridine rings is 1. The molecule has 0 saturated carbocycles. The van der Waals surface area contributed by atoms with Crippen LogP contribution in [0.3, 0.4) is 0 Å². The van der Waals surface area contributed by atoms with E-state index in [4.69, 9.17) is 4.52 Å². The third-order valence-electron chi connectivity index (χ3n) is 5.84. The van der Waals surface area contributed by atoms with Crippen molar-refractivity contribution < 1.29 is 23.0 Å². The molecule has 1 aliphatic rings. The molecule has 1 aromatic carbocycles. The van der Waals surface area contributed by atoms with Gasteiger partial charge in [-0.1, -0.05) is 5.16 Å². The predicted molar refractivity (Wildman–Crippen MR) is 122 cm³/mol. The first kappa shape index (κ1) is 22.8. The molecule has 5 rings (SSSR count). The molecule has 10 nitrogen and oxygen atoms in total. The van der Waals surface area contributed by atoms with Crippen LogP contribution < -0.4 is 14.6 Å². The smallest absolute Gasteiger partial charge is 0.387 e. The first-order chi connectivity index (χ1) is 16.9. The van der Waals surface area contributed by atoms with Crippen LogP contribution in [-0.4, -0.2) is 69.6 Å². The van der Waals surface area contributed by atoms with Crippen LogP contribution in [-0.2, 0) is 6.54 Å². The van der Waals surface area contributed by atoms with Gasteiger partial charge in [0.25, 0.3) is 11.7 Å². The standard InChI is InChI=1S/C23H24F2N8O2/c1-15-27-21(22-28-20(30-35-22)17-3-5-18(6-4-17)34-23(24)25)29-33(15)14-16-7-8-26-19(13-16)32-11-9-31(2)10-12-32/h3-8,13,23H,9-12,14H2,1-2H3/p+1. The molecule has 35 heavy (non-hydrogen) atoms. The average Bonchev–Trinajstić information content (AvgIpc) is 3.47. The number of halogens is 2. The third-order valence-corrected chi connectivity index (χ3v) is 5.84. The number of anilines is 1. The molecule has 0 aliphatic carbocycles. The van der Waals surface area contributed by atoms with Crippen LogP contribution in [0.25, 0.3) is 23.1 Å². The SMILES string of the molecule is Cc1nc(-c2nc(-c3ccc(OC(F)F)cc3)no2)nn1Cc1cc[nH+]c(N2CCN(C)CC2)c1. The van der Waals surface area contributed by atoms with E-state index in [0.717, 1.165) is 37.6 Å². The Morgan fingerprint density at radius 1 is 1.06 bits per heavy atom. The molecule has 1 fully saturated rings. The minimum Gasteiger partial charge on any atom is -0.435 e. The fourth-order valence-corrected chi connectivity index (χ4v) is 3.88. The van der Waals surface area contributed by atoms with Crippen molar-refractivity contribution in [1.29, 1.82) is 0 Å². The van der Waals surface area contributed by atoms with Gasteiger partial charge < -0.3 is 9.26 Å². The molecule has 12 heteroatoms. The maximum atomic E-state index is 12.3. The number of alkyl halides is 2. The molecular formula is C23H25F2N8O2+. The Morgan fingerprint density at radius 2 is 1.83 bits per heavy atom. The molecule has 1 saturated heterocycles. The van der Waals surface area contributed by atoms with Crippen molar-refractivity contribution in [2.75, 3.05) is 38.1 Å². The summed E-state index contributed by atoms with van der Waals surface area (Å²) >= 11 is 0. The van der Waals surface area contributed by atoms with Crippen molar-refractivity contribution in [3.63, 3.8) is 0 Å². The van der Waals surface area contributed by atoms with Crippen LogP contribution in [0.2, 0.25) is 0 Å². The van der Waals surface area contributed by atoms with Gasteiger partial charge in [-0.2, -0.15) is 13.8 Å². The molecule has 182 valence electrons. The van der Waals surface area contributed by atoms with E-state index in [1.165, 1.54) is 12.1 Å². The zero-order valence-electron chi connectivity index (χ0n) is 19.4. The largest absolute Gasteiger partial charge is 0.435 e. The van der Waals surface area contributed by atoms with Crippen LogP contribution in [0.1, 0.15) is 11.4 Å². The van der Waals surface area contributed by atoms with Crippen molar-refractivity contribution in [1.82, 2.24) is 29.8 Å². The number of aromatic amines is 1. The van der Waals surface area contributed by atoms with E-state index in [-0.39, 0.29) is 11.6 Å². The molecule has 4 aromatic rings. The van der Waals surface area contributed by atoms with E-state index in [9.17, 15) is 8.78 Å². The summed E-state index contributed by atoms with van der Waals surface area (Å²) in [5.74, 6) is 2.64. The molecule has 4 heterocycles. The van der Waals surface area contributed by atoms with E-state index in [1.54, 1.807) is 16.8 Å². The summed E-state index contributed by atoms with van der Waals surface area (Å²) < 4.78 is 36.2. The van der Waals surface area contributed by atoms with Crippen LogP contribution >= 0.6 is 0 Å². The van der Waals surface area contributed by atoms with Crippen molar-refractivity contribution in [2.45, 2.75) is 20.1 Å². The summed E-state index contributed by atoms with van der Waals surface area (Å²) in [5.41, 5.74) is 1.68. The highest BCUT2D eigenvalue weighted by Crippen LogP contribution is 2.24. The monoisotopic (exact) mass is 483 g/mol. The lowest BCUT2D eigenvalue weighted by Crippen LogP contribution is -2.46. The second-order valence-corrected chi connectivity index (χ2v) is 8.34. The Bertz CT molecular complexity index is 1280. The number of hydrogen-bond acceptors (Lipinski definition) is 8. The van der Waals surface area contributed by atoms with Gasteiger partial charge in [0, 0.05) is 24.7 Å². The highest BCUT2D eigenvalue weighted by Gasteiger charge is 2.22. The third kappa shape index (κ3) is 5.27. The lowest BCUT2D eigenvalue weighted by molar-refractivity contribution is -0.364. The molecule has 3 aromatic heterocycles. The van der Waals surface area contributed by atoms with Crippen LogP contribution in [0.4, 0.5) is 14.6 Å². The van der Waals surface area contributed by atoms with E-state index >= 15 is 0 Å².